The Bertz CT molecular complexity index is 1050. The van der Waals surface area contributed by atoms with E-state index in [-0.39, 0.29) is 29.8 Å². The van der Waals surface area contributed by atoms with Gasteiger partial charge in [0.05, 0.1) is 6.04 Å². The van der Waals surface area contributed by atoms with Crippen LogP contribution >= 0.6 is 0 Å². The molecule has 0 spiro atoms. The van der Waals surface area contributed by atoms with E-state index in [9.17, 15) is 14.0 Å². The van der Waals surface area contributed by atoms with Gasteiger partial charge < -0.3 is 15.0 Å². The van der Waals surface area contributed by atoms with Gasteiger partial charge in [0.15, 0.2) is 0 Å². The Morgan fingerprint density at radius 2 is 1.54 bits per heavy atom. The van der Waals surface area contributed by atoms with Crippen molar-refractivity contribution in [1.82, 2.24) is 10.2 Å². The fourth-order valence-corrected chi connectivity index (χ4v) is 7.71. The third-order valence-electron chi connectivity index (χ3n) is 9.19. The van der Waals surface area contributed by atoms with Gasteiger partial charge in [-0.1, -0.05) is 42.5 Å². The third kappa shape index (κ3) is 4.21. The summed E-state index contributed by atoms with van der Waals surface area (Å²) in [4.78, 5) is 27.5. The van der Waals surface area contributed by atoms with Crippen LogP contribution in [0.1, 0.15) is 49.7 Å². The number of rotatable bonds is 6. The average Bonchev–Trinajstić information content (AvgIpc) is 2.83. The van der Waals surface area contributed by atoms with E-state index < -0.39 is 6.09 Å². The molecule has 6 heteroatoms. The lowest BCUT2D eigenvalue weighted by Crippen LogP contribution is -2.63. The molecule has 2 aromatic rings. The minimum Gasteiger partial charge on any atom is -0.445 e. The molecule has 5 nitrogen and oxygen atoms in total. The second-order valence-corrected chi connectivity index (χ2v) is 11.2. The number of hydrogen-bond acceptors (Lipinski definition) is 3. The molecule has 5 fully saturated rings. The van der Waals surface area contributed by atoms with Gasteiger partial charge in [0, 0.05) is 24.9 Å². The van der Waals surface area contributed by atoms with Crippen molar-refractivity contribution in [1.29, 1.82) is 0 Å². The van der Waals surface area contributed by atoms with Crippen molar-refractivity contribution in [2.75, 3.05) is 13.1 Å². The smallest absolute Gasteiger partial charge is 0.407 e. The van der Waals surface area contributed by atoms with Crippen molar-refractivity contribution in [3.8, 4) is 0 Å². The highest BCUT2D eigenvalue weighted by Crippen LogP contribution is 2.64. The molecule has 0 aromatic heterocycles. The van der Waals surface area contributed by atoms with E-state index in [1.165, 1.54) is 32.1 Å². The van der Waals surface area contributed by atoms with E-state index in [4.69, 9.17) is 4.74 Å². The Labute approximate surface area is 206 Å². The van der Waals surface area contributed by atoms with Gasteiger partial charge in [0.25, 0.3) is 0 Å². The quantitative estimate of drug-likeness (QED) is 0.635. The molecule has 0 unspecified atom stereocenters. The van der Waals surface area contributed by atoms with Gasteiger partial charge in [-0.15, -0.1) is 0 Å². The molecule has 4 saturated carbocycles. The fraction of sp³-hybridized carbons (Fsp3) is 0.517. The van der Waals surface area contributed by atoms with Crippen molar-refractivity contribution in [3.05, 3.63) is 71.5 Å². The summed E-state index contributed by atoms with van der Waals surface area (Å²) in [5.41, 5.74) is 1.89. The summed E-state index contributed by atoms with van der Waals surface area (Å²) >= 11 is 0. The van der Waals surface area contributed by atoms with Gasteiger partial charge in [0.1, 0.15) is 12.4 Å². The lowest BCUT2D eigenvalue weighted by atomic mass is 9.43. The summed E-state index contributed by atoms with van der Waals surface area (Å²) in [6, 6.07) is 16.4. The van der Waals surface area contributed by atoms with Gasteiger partial charge in [-0.05, 0) is 79.0 Å². The largest absolute Gasteiger partial charge is 0.445 e. The van der Waals surface area contributed by atoms with Crippen LogP contribution in [0, 0.1) is 29.5 Å². The van der Waals surface area contributed by atoms with E-state index in [0.717, 1.165) is 23.0 Å². The lowest BCUT2D eigenvalue weighted by Gasteiger charge is -2.62. The monoisotopic (exact) mass is 476 g/mol. The van der Waals surface area contributed by atoms with Crippen LogP contribution in [0.3, 0.4) is 0 Å². The van der Waals surface area contributed by atoms with Crippen molar-refractivity contribution in [2.45, 2.75) is 56.6 Å². The molecule has 35 heavy (non-hydrogen) atoms. The van der Waals surface area contributed by atoms with Crippen LogP contribution in [0.4, 0.5) is 9.18 Å². The number of benzene rings is 2. The minimum atomic E-state index is -0.449. The fourth-order valence-electron chi connectivity index (χ4n) is 7.71. The number of amides is 2. The zero-order chi connectivity index (χ0) is 24.0. The highest BCUT2D eigenvalue weighted by molar-refractivity contribution is 5.79. The normalized spacial score (nSPS) is 31.2. The molecular weight excluding hydrogens is 443 g/mol. The molecule has 0 radical (unpaired) electrons. The van der Waals surface area contributed by atoms with Crippen molar-refractivity contribution in [3.63, 3.8) is 0 Å². The Hall–Kier alpha value is -2.89. The number of alkyl carbamates (subject to hydrolysis) is 1. The van der Waals surface area contributed by atoms with Crippen LogP contribution in [0.15, 0.2) is 54.6 Å². The summed E-state index contributed by atoms with van der Waals surface area (Å²) in [5, 5.41) is 2.88. The Morgan fingerprint density at radius 1 is 0.914 bits per heavy atom. The maximum Gasteiger partial charge on any atom is 0.407 e. The summed E-state index contributed by atoms with van der Waals surface area (Å²) < 4.78 is 19.1. The molecule has 1 saturated heterocycles. The van der Waals surface area contributed by atoms with Gasteiger partial charge in [0.2, 0.25) is 5.91 Å². The highest BCUT2D eigenvalue weighted by Gasteiger charge is 2.58. The van der Waals surface area contributed by atoms with E-state index >= 15 is 0 Å². The summed E-state index contributed by atoms with van der Waals surface area (Å²) in [7, 11) is 0. The molecule has 4 aliphatic carbocycles. The first-order valence-electron chi connectivity index (χ1n) is 13.0. The second kappa shape index (κ2) is 8.96. The number of nitrogens with one attached hydrogen (secondary N) is 1. The number of nitrogens with zero attached hydrogens (tertiary/aromatic N) is 1. The van der Waals surface area contributed by atoms with Crippen molar-refractivity contribution in [2.24, 2.45) is 23.7 Å². The van der Waals surface area contributed by atoms with E-state index in [1.807, 2.05) is 47.4 Å². The number of carbonyl (C=O) groups is 2. The van der Waals surface area contributed by atoms with Gasteiger partial charge in [-0.3, -0.25) is 4.79 Å². The van der Waals surface area contributed by atoms with Crippen LogP contribution in [0.5, 0.6) is 0 Å². The van der Waals surface area contributed by atoms with Gasteiger partial charge in [-0.2, -0.15) is 0 Å². The molecule has 4 bridgehead atoms. The standard InChI is InChI=1S/C29H33FN2O3/c30-25-8-6-22(7-9-25)29(23-11-20-10-21(13-23)14-24(29)12-20)15-27(33)32-16-26(17-32)31-28(34)35-18-19-4-2-1-3-5-19/h1-9,20-21,23-24,26H,10-18H2,(H,31,34). The SMILES string of the molecule is O=C(NC1CN(C(=O)CC2(c3ccc(F)cc3)C3CC4CC(C3)CC2C4)C1)OCc1ccccc1. The summed E-state index contributed by atoms with van der Waals surface area (Å²) in [6.07, 6.45) is 6.14. The van der Waals surface area contributed by atoms with Gasteiger partial charge >= 0.3 is 6.09 Å². The Kier molecular flexibility index (Phi) is 5.78. The summed E-state index contributed by atoms with van der Waals surface area (Å²) in [6.45, 7) is 1.26. The van der Waals surface area contributed by atoms with Crippen LogP contribution in [-0.2, 0) is 21.6 Å². The molecule has 1 N–H and O–H groups in total. The van der Waals surface area contributed by atoms with Crippen LogP contribution in [-0.4, -0.2) is 36.0 Å². The zero-order valence-corrected chi connectivity index (χ0v) is 20.0. The average molecular weight is 477 g/mol. The number of ether oxygens (including phenoxy) is 1. The topological polar surface area (TPSA) is 58.6 Å². The van der Waals surface area contributed by atoms with Gasteiger partial charge in [-0.25, -0.2) is 9.18 Å². The Morgan fingerprint density at radius 3 is 2.17 bits per heavy atom. The number of likely N-dealkylation sites (tertiary alicyclic amines) is 1. The van der Waals surface area contributed by atoms with Crippen LogP contribution < -0.4 is 5.32 Å². The third-order valence-corrected chi connectivity index (χ3v) is 9.19. The molecule has 1 aliphatic heterocycles. The molecule has 7 rings (SSSR count). The van der Waals surface area contributed by atoms with E-state index in [1.54, 1.807) is 12.1 Å². The second-order valence-electron chi connectivity index (χ2n) is 11.2. The van der Waals surface area contributed by atoms with Crippen molar-refractivity contribution >= 4 is 12.0 Å². The lowest BCUT2D eigenvalue weighted by molar-refractivity contribution is -0.143. The molecular formula is C29H33FN2O3. The van der Waals surface area contributed by atoms with E-state index in [2.05, 4.69) is 5.32 Å². The maximum absolute atomic E-state index is 13.8. The predicted octanol–water partition coefficient (Wildman–Crippen LogP) is 5.05. The first-order valence-corrected chi connectivity index (χ1v) is 13.0. The highest BCUT2D eigenvalue weighted by atomic mass is 19.1. The van der Waals surface area contributed by atoms with Crippen LogP contribution in [0.25, 0.3) is 0 Å². The van der Waals surface area contributed by atoms with Crippen molar-refractivity contribution < 1.29 is 18.7 Å². The molecule has 0 atom stereocenters. The molecule has 2 amide bonds. The van der Waals surface area contributed by atoms with Crippen LogP contribution in [0.2, 0.25) is 0 Å². The molecule has 5 aliphatic rings. The predicted molar refractivity (Wildman–Crippen MR) is 130 cm³/mol. The molecule has 2 aromatic carbocycles. The molecule has 184 valence electrons. The number of carbonyl (C=O) groups excluding carboxylic acids is 2. The Balaban J connectivity index is 1.09. The summed E-state index contributed by atoms with van der Waals surface area (Å²) in [5.74, 6) is 2.50. The minimum absolute atomic E-state index is 0.0810. The van der Waals surface area contributed by atoms with E-state index in [0.29, 0.717) is 31.3 Å². The first kappa shape index (κ1) is 22.6. The zero-order valence-electron chi connectivity index (χ0n) is 20.0. The number of halogens is 1. The first-order chi connectivity index (χ1) is 17.0. The number of hydrogen-bond donors (Lipinski definition) is 1. The molecule has 1 heterocycles. The maximum atomic E-state index is 13.8.